The molecule has 164 valence electrons. The normalized spacial score (nSPS) is 19.6. The van der Waals surface area contributed by atoms with E-state index in [1.54, 1.807) is 7.11 Å². The molecule has 1 heterocycles. The van der Waals surface area contributed by atoms with Crippen LogP contribution in [0.5, 0.6) is 5.75 Å². The van der Waals surface area contributed by atoms with Crippen molar-refractivity contribution in [2.24, 2.45) is 5.92 Å². The molecule has 0 N–H and O–H groups in total. The van der Waals surface area contributed by atoms with Crippen LogP contribution >= 0.6 is 0 Å². The Labute approximate surface area is 183 Å². The Bertz CT molecular complexity index is 741. The summed E-state index contributed by atoms with van der Waals surface area (Å²) in [6.45, 7) is 10.9. The van der Waals surface area contributed by atoms with E-state index in [-0.39, 0.29) is 5.60 Å². The third-order valence-corrected chi connectivity index (χ3v) is 6.39. The first kappa shape index (κ1) is 22.8. The first-order valence-corrected chi connectivity index (χ1v) is 11.5. The molecule has 0 radical (unpaired) electrons. The Balaban J connectivity index is 1.70. The van der Waals surface area contributed by atoms with Gasteiger partial charge in [-0.15, -0.1) is 0 Å². The van der Waals surface area contributed by atoms with Crippen LogP contribution in [0.4, 0.5) is 0 Å². The van der Waals surface area contributed by atoms with E-state index in [1.165, 1.54) is 24.0 Å². The fourth-order valence-corrected chi connectivity index (χ4v) is 4.89. The van der Waals surface area contributed by atoms with E-state index in [0.29, 0.717) is 11.8 Å². The first-order chi connectivity index (χ1) is 14.5. The summed E-state index contributed by atoms with van der Waals surface area (Å²) in [4.78, 5) is 2.61. The van der Waals surface area contributed by atoms with Crippen LogP contribution < -0.4 is 4.74 Å². The molecular weight excluding hydrogens is 370 g/mol. The second kappa shape index (κ2) is 11.0. The molecule has 2 unspecified atom stereocenters. The minimum atomic E-state index is -0.0118. The Morgan fingerprint density at radius 2 is 1.80 bits per heavy atom. The highest BCUT2D eigenvalue weighted by molar-refractivity contribution is 5.27. The van der Waals surface area contributed by atoms with Gasteiger partial charge >= 0.3 is 0 Å². The van der Waals surface area contributed by atoms with Gasteiger partial charge in [0.25, 0.3) is 0 Å². The van der Waals surface area contributed by atoms with E-state index < -0.39 is 0 Å². The topological polar surface area (TPSA) is 21.7 Å². The predicted octanol–water partition coefficient (Wildman–Crippen LogP) is 6.29. The van der Waals surface area contributed by atoms with Crippen LogP contribution in [-0.4, -0.2) is 37.3 Å². The zero-order valence-corrected chi connectivity index (χ0v) is 19.3. The first-order valence-electron chi connectivity index (χ1n) is 11.5. The minimum Gasteiger partial charge on any atom is -0.497 e. The van der Waals surface area contributed by atoms with Gasteiger partial charge in [-0.3, -0.25) is 4.90 Å². The van der Waals surface area contributed by atoms with Crippen molar-refractivity contribution in [3.05, 3.63) is 65.7 Å². The summed E-state index contributed by atoms with van der Waals surface area (Å²) in [5.74, 6) is 2.19. The highest BCUT2D eigenvalue weighted by atomic mass is 16.5. The number of hydrogen-bond donors (Lipinski definition) is 0. The summed E-state index contributed by atoms with van der Waals surface area (Å²) in [7, 11) is 1.72. The monoisotopic (exact) mass is 409 g/mol. The van der Waals surface area contributed by atoms with Crippen molar-refractivity contribution in [3.8, 4) is 5.75 Å². The maximum atomic E-state index is 6.02. The summed E-state index contributed by atoms with van der Waals surface area (Å²) in [6.07, 6.45) is 4.67. The summed E-state index contributed by atoms with van der Waals surface area (Å²) in [5.41, 5.74) is 2.83. The van der Waals surface area contributed by atoms with Gasteiger partial charge in [-0.1, -0.05) is 49.4 Å². The van der Waals surface area contributed by atoms with Crippen molar-refractivity contribution in [1.29, 1.82) is 0 Å². The standard InChI is InChI=1S/C27H39NO2/c1-5-17-28(21-22-11-13-25(29-4)14-12-22)18-15-26(23-9-7-6-8-10-23)24-16-19-30-27(2,3)20-24/h6-14,24,26H,5,15-21H2,1-4H3. The fourth-order valence-electron chi connectivity index (χ4n) is 4.89. The number of hydrogen-bond acceptors (Lipinski definition) is 3. The summed E-state index contributed by atoms with van der Waals surface area (Å²) in [5, 5.41) is 0. The third-order valence-electron chi connectivity index (χ3n) is 6.39. The van der Waals surface area contributed by atoms with Gasteiger partial charge < -0.3 is 9.47 Å². The lowest BCUT2D eigenvalue weighted by atomic mass is 9.75. The molecule has 0 aromatic heterocycles. The van der Waals surface area contributed by atoms with Gasteiger partial charge in [0.2, 0.25) is 0 Å². The van der Waals surface area contributed by atoms with Crippen LogP contribution in [0, 0.1) is 5.92 Å². The summed E-state index contributed by atoms with van der Waals surface area (Å²) >= 11 is 0. The average molecular weight is 410 g/mol. The maximum Gasteiger partial charge on any atom is 0.118 e. The molecule has 1 saturated heterocycles. The lowest BCUT2D eigenvalue weighted by Gasteiger charge is -2.40. The molecular formula is C27H39NO2. The minimum absolute atomic E-state index is 0.0118. The molecule has 0 bridgehead atoms. The summed E-state index contributed by atoms with van der Waals surface area (Å²) < 4.78 is 11.3. The molecule has 2 aromatic rings. The van der Waals surface area contributed by atoms with Gasteiger partial charge in [0.1, 0.15) is 5.75 Å². The Morgan fingerprint density at radius 1 is 1.07 bits per heavy atom. The van der Waals surface area contributed by atoms with Crippen molar-refractivity contribution < 1.29 is 9.47 Å². The zero-order valence-electron chi connectivity index (χ0n) is 19.3. The lowest BCUT2D eigenvalue weighted by Crippen LogP contribution is -2.37. The lowest BCUT2D eigenvalue weighted by molar-refractivity contribution is -0.0775. The SMILES string of the molecule is CCCN(CCC(c1ccccc1)C1CCOC(C)(C)C1)Cc1ccc(OC)cc1. The molecule has 2 atom stereocenters. The maximum absolute atomic E-state index is 6.02. The number of methoxy groups -OCH3 is 1. The smallest absolute Gasteiger partial charge is 0.118 e. The van der Waals surface area contributed by atoms with Gasteiger partial charge in [-0.25, -0.2) is 0 Å². The van der Waals surface area contributed by atoms with Crippen LogP contribution in [0.3, 0.4) is 0 Å². The molecule has 0 aliphatic carbocycles. The molecule has 3 rings (SSSR count). The second-order valence-corrected chi connectivity index (χ2v) is 9.29. The Morgan fingerprint density at radius 3 is 2.43 bits per heavy atom. The molecule has 1 aliphatic heterocycles. The molecule has 0 spiro atoms. The zero-order chi connectivity index (χ0) is 21.4. The second-order valence-electron chi connectivity index (χ2n) is 9.29. The van der Waals surface area contributed by atoms with Gasteiger partial charge in [0.15, 0.2) is 0 Å². The number of ether oxygens (including phenoxy) is 2. The molecule has 3 nitrogen and oxygen atoms in total. The van der Waals surface area contributed by atoms with E-state index >= 15 is 0 Å². The molecule has 30 heavy (non-hydrogen) atoms. The quantitative estimate of drug-likeness (QED) is 0.460. The Kier molecular flexibility index (Phi) is 8.35. The largest absolute Gasteiger partial charge is 0.497 e. The van der Waals surface area contributed by atoms with Gasteiger partial charge in [-0.05, 0) is 87.7 Å². The van der Waals surface area contributed by atoms with Gasteiger partial charge in [0, 0.05) is 13.2 Å². The third kappa shape index (κ3) is 6.58. The van der Waals surface area contributed by atoms with Crippen molar-refractivity contribution in [2.75, 3.05) is 26.8 Å². The number of rotatable bonds is 10. The van der Waals surface area contributed by atoms with Crippen molar-refractivity contribution in [3.63, 3.8) is 0 Å². The van der Waals surface area contributed by atoms with E-state index in [0.717, 1.165) is 44.8 Å². The van der Waals surface area contributed by atoms with Crippen molar-refractivity contribution in [2.45, 2.75) is 64.5 Å². The molecule has 1 fully saturated rings. The van der Waals surface area contributed by atoms with Crippen LogP contribution in [0.25, 0.3) is 0 Å². The average Bonchev–Trinajstić information content (AvgIpc) is 2.74. The van der Waals surface area contributed by atoms with E-state index in [9.17, 15) is 0 Å². The molecule has 3 heteroatoms. The van der Waals surface area contributed by atoms with E-state index in [4.69, 9.17) is 9.47 Å². The predicted molar refractivity (Wildman–Crippen MR) is 125 cm³/mol. The molecule has 0 amide bonds. The van der Waals surface area contributed by atoms with Crippen LogP contribution in [0.15, 0.2) is 54.6 Å². The number of benzene rings is 2. The molecule has 1 aliphatic rings. The summed E-state index contributed by atoms with van der Waals surface area (Å²) in [6, 6.07) is 19.7. The van der Waals surface area contributed by atoms with Crippen LogP contribution in [-0.2, 0) is 11.3 Å². The molecule has 0 saturated carbocycles. The fraction of sp³-hybridized carbons (Fsp3) is 0.556. The van der Waals surface area contributed by atoms with Crippen LogP contribution in [0.2, 0.25) is 0 Å². The van der Waals surface area contributed by atoms with Crippen molar-refractivity contribution >= 4 is 0 Å². The highest BCUT2D eigenvalue weighted by Crippen LogP contribution is 2.40. The van der Waals surface area contributed by atoms with Crippen LogP contribution in [0.1, 0.15) is 63.5 Å². The Hall–Kier alpha value is -1.84. The molecule has 2 aromatic carbocycles. The highest BCUT2D eigenvalue weighted by Gasteiger charge is 2.34. The van der Waals surface area contributed by atoms with Gasteiger partial charge in [0.05, 0.1) is 12.7 Å². The number of nitrogens with zero attached hydrogens (tertiary/aromatic N) is 1. The van der Waals surface area contributed by atoms with Crippen molar-refractivity contribution in [1.82, 2.24) is 4.90 Å². The van der Waals surface area contributed by atoms with E-state index in [2.05, 4.69) is 80.3 Å². The van der Waals surface area contributed by atoms with E-state index in [1.807, 2.05) is 0 Å². The van der Waals surface area contributed by atoms with Gasteiger partial charge in [-0.2, -0.15) is 0 Å².